The molecule has 6 nitrogen and oxygen atoms in total. The van der Waals surface area contributed by atoms with Crippen LogP contribution in [-0.4, -0.2) is 39.3 Å². The van der Waals surface area contributed by atoms with Crippen molar-refractivity contribution >= 4 is 34.9 Å². The first-order chi connectivity index (χ1) is 12.8. The molecule has 7 heteroatoms. The zero-order chi connectivity index (χ0) is 18.8. The van der Waals surface area contributed by atoms with Gasteiger partial charge in [0.15, 0.2) is 5.66 Å². The third-order valence-corrected chi connectivity index (χ3v) is 8.06. The van der Waals surface area contributed by atoms with Crippen LogP contribution in [0.5, 0.6) is 0 Å². The molecule has 6 rings (SSSR count). The highest BCUT2D eigenvalue weighted by atomic mass is 35.5. The molecule has 1 aromatic rings. The largest absolute Gasteiger partial charge is 0.343 e. The van der Waals surface area contributed by atoms with Crippen molar-refractivity contribution in [3.63, 3.8) is 0 Å². The Hall–Kier alpha value is -2.34. The zero-order valence-corrected chi connectivity index (χ0v) is 15.8. The van der Waals surface area contributed by atoms with E-state index in [9.17, 15) is 9.59 Å². The van der Waals surface area contributed by atoms with Crippen LogP contribution in [0.3, 0.4) is 0 Å². The predicted octanol–water partition coefficient (Wildman–Crippen LogP) is 2.94. The molecule has 2 spiro atoms. The van der Waals surface area contributed by atoms with Crippen LogP contribution in [0.2, 0.25) is 0 Å². The van der Waals surface area contributed by atoms with E-state index in [0.717, 1.165) is 11.3 Å². The van der Waals surface area contributed by atoms with Crippen molar-refractivity contribution in [1.29, 1.82) is 0 Å². The van der Waals surface area contributed by atoms with Gasteiger partial charge in [0, 0.05) is 41.4 Å². The number of nitrogens with zero attached hydrogens (tertiary/aromatic N) is 3. The highest BCUT2D eigenvalue weighted by Crippen LogP contribution is 2.66. The number of amides is 3. The van der Waals surface area contributed by atoms with Gasteiger partial charge in [0.1, 0.15) is 5.66 Å². The first kappa shape index (κ1) is 15.7. The van der Waals surface area contributed by atoms with Gasteiger partial charge in [-0.2, -0.15) is 4.99 Å². The number of anilines is 1. The van der Waals surface area contributed by atoms with Gasteiger partial charge in [-0.05, 0) is 17.7 Å². The van der Waals surface area contributed by atoms with Crippen molar-refractivity contribution in [1.82, 2.24) is 10.2 Å². The third-order valence-electron chi connectivity index (χ3n) is 7.36. The van der Waals surface area contributed by atoms with Crippen LogP contribution < -0.4 is 10.2 Å². The van der Waals surface area contributed by atoms with Gasteiger partial charge < -0.3 is 10.2 Å². The van der Waals surface area contributed by atoms with E-state index >= 15 is 0 Å². The minimum Gasteiger partial charge on any atom is -0.318 e. The molecular formula is C20H19ClN4O2. The van der Waals surface area contributed by atoms with Gasteiger partial charge in [0.25, 0.3) is 0 Å². The van der Waals surface area contributed by atoms with Gasteiger partial charge in [-0.3, -0.25) is 9.69 Å². The normalized spacial score (nSPS) is 39.6. The lowest BCUT2D eigenvalue weighted by Crippen LogP contribution is -2.81. The fourth-order valence-electron chi connectivity index (χ4n) is 6.09. The van der Waals surface area contributed by atoms with Crippen LogP contribution in [0.1, 0.15) is 38.2 Å². The summed E-state index contributed by atoms with van der Waals surface area (Å²) in [5.74, 6) is 0.0957. The molecule has 138 valence electrons. The van der Waals surface area contributed by atoms with E-state index in [-0.39, 0.29) is 23.2 Å². The Kier molecular flexibility index (Phi) is 2.55. The Morgan fingerprint density at radius 3 is 2.85 bits per heavy atom. The number of piperidine rings is 1. The molecule has 0 radical (unpaired) electrons. The number of halogens is 1. The topological polar surface area (TPSA) is 65.0 Å². The Morgan fingerprint density at radius 1 is 1.26 bits per heavy atom. The van der Waals surface area contributed by atoms with Gasteiger partial charge in [0.05, 0.1) is 5.71 Å². The van der Waals surface area contributed by atoms with Crippen molar-refractivity contribution in [2.24, 2.45) is 10.4 Å². The SMILES string of the molecule is CC1(C)C(Cl)C[C@]23[C@@H]4CC(=O)N2C=CC2=NC(=O)N[C@@]21N3c1ccccc14. The zero-order valence-electron chi connectivity index (χ0n) is 15.1. The molecule has 5 aliphatic rings. The summed E-state index contributed by atoms with van der Waals surface area (Å²) in [6.07, 6.45) is 4.70. The van der Waals surface area contributed by atoms with Gasteiger partial charge in [-0.15, -0.1) is 11.6 Å². The average Bonchev–Trinajstić information content (AvgIpc) is 3.15. The van der Waals surface area contributed by atoms with E-state index in [0.29, 0.717) is 18.6 Å². The van der Waals surface area contributed by atoms with Gasteiger partial charge in [-0.1, -0.05) is 32.0 Å². The molecule has 1 aromatic carbocycles. The fourth-order valence-corrected chi connectivity index (χ4v) is 6.47. The standard InChI is InChI=1S/C20H19ClN4O2/c1-18(2)14(21)10-19-12-9-16(26)24(19)8-7-15-20(18,23-17(27)22-15)25(19)13-6-4-3-5-11(12)13/h3-8,12,14H,9-10H2,1-2H3,(H,23,27)/t12-,14?,19+,20-/m1/s1. The smallest absolute Gasteiger partial charge is 0.318 e. The number of benzene rings is 1. The van der Waals surface area contributed by atoms with Crippen LogP contribution >= 0.6 is 11.6 Å². The Balaban J connectivity index is 1.77. The maximum atomic E-state index is 13.0. The summed E-state index contributed by atoms with van der Waals surface area (Å²) in [6.45, 7) is 4.16. The van der Waals surface area contributed by atoms with E-state index < -0.39 is 16.7 Å². The molecule has 2 saturated heterocycles. The van der Waals surface area contributed by atoms with Crippen LogP contribution in [0.25, 0.3) is 0 Å². The van der Waals surface area contributed by atoms with Crippen molar-refractivity contribution < 1.29 is 9.59 Å². The van der Waals surface area contributed by atoms with Crippen molar-refractivity contribution in [2.45, 2.75) is 49.3 Å². The lowest BCUT2D eigenvalue weighted by Gasteiger charge is -2.63. The maximum absolute atomic E-state index is 13.0. The molecule has 0 saturated carbocycles. The maximum Gasteiger partial charge on any atom is 0.343 e. The van der Waals surface area contributed by atoms with E-state index in [1.807, 2.05) is 29.3 Å². The second kappa shape index (κ2) is 4.38. The number of hydrogen-bond donors (Lipinski definition) is 1. The molecule has 2 fully saturated rings. The van der Waals surface area contributed by atoms with Crippen LogP contribution in [0.15, 0.2) is 41.5 Å². The lowest BCUT2D eigenvalue weighted by molar-refractivity contribution is -0.129. The number of hydrogen-bond acceptors (Lipinski definition) is 3. The molecule has 0 aliphatic carbocycles. The monoisotopic (exact) mass is 382 g/mol. The fraction of sp³-hybridized carbons (Fsp3) is 0.450. The van der Waals surface area contributed by atoms with Crippen molar-refractivity contribution in [2.75, 3.05) is 4.90 Å². The predicted molar refractivity (Wildman–Crippen MR) is 102 cm³/mol. The number of nitrogens with one attached hydrogen (secondary N) is 1. The molecule has 4 atom stereocenters. The van der Waals surface area contributed by atoms with E-state index in [4.69, 9.17) is 11.6 Å². The number of para-hydroxylation sites is 1. The molecule has 1 N–H and O–H groups in total. The Bertz CT molecular complexity index is 1000. The van der Waals surface area contributed by atoms with E-state index in [1.165, 1.54) is 0 Å². The summed E-state index contributed by atoms with van der Waals surface area (Å²) in [6, 6.07) is 7.84. The highest BCUT2D eigenvalue weighted by Gasteiger charge is 2.76. The van der Waals surface area contributed by atoms with E-state index in [1.54, 1.807) is 0 Å². The highest BCUT2D eigenvalue weighted by molar-refractivity contribution is 6.24. The summed E-state index contributed by atoms with van der Waals surface area (Å²) in [4.78, 5) is 33.8. The van der Waals surface area contributed by atoms with Gasteiger partial charge in [-0.25, -0.2) is 4.79 Å². The van der Waals surface area contributed by atoms with Gasteiger partial charge >= 0.3 is 6.03 Å². The summed E-state index contributed by atoms with van der Waals surface area (Å²) >= 11 is 7.00. The van der Waals surface area contributed by atoms with E-state index in [2.05, 4.69) is 41.2 Å². The van der Waals surface area contributed by atoms with Gasteiger partial charge in [0.2, 0.25) is 5.91 Å². The van der Waals surface area contributed by atoms with Crippen LogP contribution in [0.4, 0.5) is 10.5 Å². The molecular weight excluding hydrogens is 364 g/mol. The van der Waals surface area contributed by atoms with Crippen molar-refractivity contribution in [3.8, 4) is 0 Å². The summed E-state index contributed by atoms with van der Waals surface area (Å²) < 4.78 is 0. The number of aliphatic imine (C=N–C) groups is 1. The average molecular weight is 383 g/mol. The quantitative estimate of drug-likeness (QED) is 0.701. The van der Waals surface area contributed by atoms with Crippen molar-refractivity contribution in [3.05, 3.63) is 42.1 Å². The second-order valence-corrected chi connectivity index (χ2v) is 9.17. The summed E-state index contributed by atoms with van der Waals surface area (Å²) in [5.41, 5.74) is 0.808. The molecule has 0 aromatic heterocycles. The number of carbonyl (C=O) groups excluding carboxylic acids is 2. The number of alkyl halides is 1. The summed E-state index contributed by atoms with van der Waals surface area (Å²) in [7, 11) is 0. The number of urea groups is 1. The molecule has 1 unspecified atom stereocenters. The number of carbonyl (C=O) groups is 2. The molecule has 3 amide bonds. The first-order valence-corrected chi connectivity index (χ1v) is 9.73. The first-order valence-electron chi connectivity index (χ1n) is 9.29. The minimum atomic E-state index is -0.893. The lowest BCUT2D eigenvalue weighted by atomic mass is 9.65. The van der Waals surface area contributed by atoms with Crippen LogP contribution in [-0.2, 0) is 4.79 Å². The number of fused-ring (bicyclic) bond motifs is 2. The molecule has 2 bridgehead atoms. The number of rotatable bonds is 0. The third kappa shape index (κ3) is 1.41. The minimum absolute atomic E-state index is 0.0110. The van der Waals surface area contributed by atoms with Crippen LogP contribution in [0, 0.1) is 5.41 Å². The molecule has 27 heavy (non-hydrogen) atoms. The second-order valence-electron chi connectivity index (χ2n) is 8.64. The summed E-state index contributed by atoms with van der Waals surface area (Å²) in [5, 5.41) is 2.91. The molecule has 5 heterocycles. The molecule has 5 aliphatic heterocycles. The Morgan fingerprint density at radius 2 is 2.04 bits per heavy atom. The Labute approximate surface area is 161 Å².